The number of sulfone groups is 1. The van der Waals surface area contributed by atoms with Gasteiger partial charge in [-0.25, -0.2) is 18.4 Å². The zero-order valence-corrected chi connectivity index (χ0v) is 12.0. The van der Waals surface area contributed by atoms with Gasteiger partial charge in [0.25, 0.3) is 0 Å². The van der Waals surface area contributed by atoms with E-state index in [2.05, 4.69) is 15.3 Å². The lowest BCUT2D eigenvalue weighted by molar-refractivity contribution is 0.559. The summed E-state index contributed by atoms with van der Waals surface area (Å²) in [6.07, 6.45) is 3.28. The average molecular weight is 272 g/mol. The molecule has 0 saturated heterocycles. The second-order valence-electron chi connectivity index (χ2n) is 4.83. The van der Waals surface area contributed by atoms with E-state index in [1.165, 1.54) is 12.6 Å². The Bertz CT molecular complexity index is 526. The Labute approximate surface area is 108 Å². The van der Waals surface area contributed by atoms with Crippen molar-refractivity contribution in [2.75, 3.05) is 23.9 Å². The van der Waals surface area contributed by atoms with E-state index in [-0.39, 0.29) is 6.54 Å². The largest absolute Gasteiger partial charge is 0.383 e. The van der Waals surface area contributed by atoms with Crippen LogP contribution < -0.4 is 11.1 Å². The quantitative estimate of drug-likeness (QED) is 0.825. The number of rotatable bonds is 5. The van der Waals surface area contributed by atoms with E-state index in [0.29, 0.717) is 18.1 Å². The molecule has 0 radical (unpaired) electrons. The molecule has 0 amide bonds. The van der Waals surface area contributed by atoms with Crippen molar-refractivity contribution in [3.05, 3.63) is 11.9 Å². The Hall–Kier alpha value is -1.37. The summed E-state index contributed by atoms with van der Waals surface area (Å²) in [5, 5.41) is 3.04. The minimum atomic E-state index is -3.14. The molecule has 6 nitrogen and oxygen atoms in total. The van der Waals surface area contributed by atoms with E-state index in [0.717, 1.165) is 5.56 Å². The predicted octanol–water partition coefficient (Wildman–Crippen LogP) is 0.856. The lowest BCUT2D eigenvalue weighted by atomic mass is 10.2. The van der Waals surface area contributed by atoms with Crippen LogP contribution in [0.15, 0.2) is 6.33 Å². The number of nitrogens with zero attached hydrogens (tertiary/aromatic N) is 2. The van der Waals surface area contributed by atoms with E-state index in [1.54, 1.807) is 13.8 Å². The van der Waals surface area contributed by atoms with Gasteiger partial charge in [-0.3, -0.25) is 0 Å². The molecule has 1 rings (SSSR count). The Morgan fingerprint density at radius 2 is 2.00 bits per heavy atom. The standard InChI is InChI=1S/C11H20N4O2S/c1-5-8-9(12)14-7-15-10(8)13-6-11(2,3)18(4,16)17/h7H,5-6H2,1-4H3,(H3,12,13,14,15). The molecule has 0 aliphatic heterocycles. The molecular weight excluding hydrogens is 252 g/mol. The van der Waals surface area contributed by atoms with Crippen LogP contribution >= 0.6 is 0 Å². The lowest BCUT2D eigenvalue weighted by Gasteiger charge is -2.23. The number of nitrogen functional groups attached to an aromatic ring is 1. The zero-order chi connectivity index (χ0) is 14.0. The first-order valence-electron chi connectivity index (χ1n) is 5.72. The highest BCUT2D eigenvalue weighted by Crippen LogP contribution is 2.20. The molecule has 1 heterocycles. The van der Waals surface area contributed by atoms with Gasteiger partial charge < -0.3 is 11.1 Å². The van der Waals surface area contributed by atoms with Gasteiger partial charge in [-0.15, -0.1) is 0 Å². The molecule has 0 aliphatic carbocycles. The predicted molar refractivity (Wildman–Crippen MR) is 73.2 cm³/mol. The van der Waals surface area contributed by atoms with Crippen LogP contribution in [0.5, 0.6) is 0 Å². The summed E-state index contributed by atoms with van der Waals surface area (Å²) in [7, 11) is -3.14. The van der Waals surface area contributed by atoms with Crippen LogP contribution in [-0.2, 0) is 16.3 Å². The molecule has 0 fully saturated rings. The minimum absolute atomic E-state index is 0.273. The first-order valence-corrected chi connectivity index (χ1v) is 7.61. The second-order valence-corrected chi connectivity index (χ2v) is 7.47. The van der Waals surface area contributed by atoms with Gasteiger partial charge in [0.05, 0.1) is 4.75 Å². The van der Waals surface area contributed by atoms with Gasteiger partial charge in [0.1, 0.15) is 18.0 Å². The maximum atomic E-state index is 11.6. The van der Waals surface area contributed by atoms with Crippen molar-refractivity contribution in [3.63, 3.8) is 0 Å². The molecule has 0 bridgehead atoms. The summed E-state index contributed by atoms with van der Waals surface area (Å²) in [6.45, 7) is 5.56. The summed E-state index contributed by atoms with van der Waals surface area (Å²) >= 11 is 0. The average Bonchev–Trinajstić information content (AvgIpc) is 2.25. The van der Waals surface area contributed by atoms with E-state index < -0.39 is 14.6 Å². The third kappa shape index (κ3) is 3.10. The summed E-state index contributed by atoms with van der Waals surface area (Å²) in [5.41, 5.74) is 6.55. The van der Waals surface area contributed by atoms with Crippen molar-refractivity contribution in [1.82, 2.24) is 9.97 Å². The Balaban J connectivity index is 2.91. The molecule has 0 aromatic carbocycles. The number of hydrogen-bond acceptors (Lipinski definition) is 6. The molecule has 102 valence electrons. The van der Waals surface area contributed by atoms with E-state index in [9.17, 15) is 8.42 Å². The molecule has 0 aliphatic rings. The van der Waals surface area contributed by atoms with Crippen molar-refractivity contribution in [2.24, 2.45) is 0 Å². The Kier molecular flexibility index (Phi) is 4.16. The maximum absolute atomic E-state index is 11.6. The summed E-state index contributed by atoms with van der Waals surface area (Å²) in [5.74, 6) is 1.02. The third-order valence-electron chi connectivity index (χ3n) is 3.02. The molecule has 18 heavy (non-hydrogen) atoms. The molecule has 1 aromatic rings. The summed E-state index contributed by atoms with van der Waals surface area (Å²) in [4.78, 5) is 8.01. The molecule has 1 aromatic heterocycles. The fourth-order valence-corrected chi connectivity index (χ4v) is 1.69. The molecule has 0 unspecified atom stereocenters. The Morgan fingerprint density at radius 1 is 1.39 bits per heavy atom. The van der Waals surface area contributed by atoms with E-state index in [1.807, 2.05) is 6.92 Å². The molecule has 3 N–H and O–H groups in total. The van der Waals surface area contributed by atoms with Gasteiger partial charge in [0.15, 0.2) is 9.84 Å². The van der Waals surface area contributed by atoms with Gasteiger partial charge in [-0.05, 0) is 20.3 Å². The van der Waals surface area contributed by atoms with Gasteiger partial charge in [-0.2, -0.15) is 0 Å². The monoisotopic (exact) mass is 272 g/mol. The van der Waals surface area contributed by atoms with Crippen LogP contribution in [0.2, 0.25) is 0 Å². The van der Waals surface area contributed by atoms with Crippen molar-refractivity contribution in [2.45, 2.75) is 31.9 Å². The van der Waals surface area contributed by atoms with Crippen molar-refractivity contribution >= 4 is 21.5 Å². The fraction of sp³-hybridized carbons (Fsp3) is 0.636. The number of anilines is 2. The van der Waals surface area contributed by atoms with Gasteiger partial charge in [0.2, 0.25) is 0 Å². The molecule has 0 spiro atoms. The maximum Gasteiger partial charge on any atom is 0.154 e. The van der Waals surface area contributed by atoms with Crippen LogP contribution in [0.4, 0.5) is 11.6 Å². The third-order valence-corrected chi connectivity index (χ3v) is 5.17. The lowest BCUT2D eigenvalue weighted by Crippen LogP contribution is -2.38. The second kappa shape index (κ2) is 5.09. The number of hydrogen-bond donors (Lipinski definition) is 2. The number of aromatic nitrogens is 2. The molecule has 0 atom stereocenters. The van der Waals surface area contributed by atoms with Gasteiger partial charge >= 0.3 is 0 Å². The number of nitrogens with one attached hydrogen (secondary N) is 1. The first-order chi connectivity index (χ1) is 8.19. The van der Waals surface area contributed by atoms with Gasteiger partial charge in [-0.1, -0.05) is 6.92 Å². The summed E-state index contributed by atoms with van der Waals surface area (Å²) in [6, 6.07) is 0. The van der Waals surface area contributed by atoms with E-state index >= 15 is 0 Å². The highest BCUT2D eigenvalue weighted by Gasteiger charge is 2.30. The van der Waals surface area contributed by atoms with Crippen LogP contribution in [0, 0.1) is 0 Å². The SMILES string of the molecule is CCc1c(N)ncnc1NCC(C)(C)S(C)(=O)=O. The fourth-order valence-electron chi connectivity index (χ4n) is 1.35. The normalized spacial score (nSPS) is 12.4. The molecular formula is C11H20N4O2S. The van der Waals surface area contributed by atoms with Crippen LogP contribution in [0.1, 0.15) is 26.3 Å². The summed E-state index contributed by atoms with van der Waals surface area (Å²) < 4.78 is 22.3. The van der Waals surface area contributed by atoms with Crippen LogP contribution in [-0.4, -0.2) is 35.9 Å². The van der Waals surface area contributed by atoms with Gasteiger partial charge in [0, 0.05) is 18.4 Å². The number of nitrogens with two attached hydrogens (primary N) is 1. The topological polar surface area (TPSA) is 98.0 Å². The highest BCUT2D eigenvalue weighted by molar-refractivity contribution is 7.92. The van der Waals surface area contributed by atoms with Crippen molar-refractivity contribution in [1.29, 1.82) is 0 Å². The van der Waals surface area contributed by atoms with Crippen LogP contribution in [0.25, 0.3) is 0 Å². The van der Waals surface area contributed by atoms with Crippen molar-refractivity contribution < 1.29 is 8.42 Å². The zero-order valence-electron chi connectivity index (χ0n) is 11.2. The minimum Gasteiger partial charge on any atom is -0.383 e. The molecule has 7 heteroatoms. The van der Waals surface area contributed by atoms with Crippen LogP contribution in [0.3, 0.4) is 0 Å². The first kappa shape index (κ1) is 14.7. The van der Waals surface area contributed by atoms with Crippen molar-refractivity contribution in [3.8, 4) is 0 Å². The Morgan fingerprint density at radius 3 is 2.50 bits per heavy atom. The smallest absolute Gasteiger partial charge is 0.154 e. The van der Waals surface area contributed by atoms with E-state index in [4.69, 9.17) is 5.73 Å². The highest BCUT2D eigenvalue weighted by atomic mass is 32.2. The molecule has 0 saturated carbocycles.